The monoisotopic (exact) mass is 475 g/mol. The Hall–Kier alpha value is -1.44. The Balaban J connectivity index is 2.46. The Bertz CT molecular complexity index is 818. The summed E-state index contributed by atoms with van der Waals surface area (Å²) in [5.41, 5.74) is 4.53. The van der Waals surface area contributed by atoms with Crippen LogP contribution in [0.5, 0.6) is 0 Å². The molecule has 0 bridgehead atoms. The Morgan fingerprint density at radius 3 is 2.28 bits per heavy atom. The zero-order valence-electron chi connectivity index (χ0n) is 21.3. The molecule has 1 saturated heterocycles. The van der Waals surface area contributed by atoms with Crippen molar-refractivity contribution in [2.75, 3.05) is 13.9 Å². The SMILES string of the molecule is COCO[C@H](C#C[Si](C)(C)C)[C@@H]1[C@@H](O[Si](C)(C)C(C)(C)C)CC(=O)N1Cc1ccccc1. The van der Waals surface area contributed by atoms with Crippen LogP contribution in [-0.2, 0) is 25.2 Å². The predicted octanol–water partition coefficient (Wildman–Crippen LogP) is 5.05. The van der Waals surface area contributed by atoms with Crippen molar-refractivity contribution in [2.45, 2.75) is 89.8 Å². The summed E-state index contributed by atoms with van der Waals surface area (Å²) in [5.74, 6) is 3.46. The Morgan fingerprint density at radius 1 is 1.12 bits per heavy atom. The molecule has 0 radical (unpaired) electrons. The van der Waals surface area contributed by atoms with Crippen molar-refractivity contribution >= 4 is 22.3 Å². The zero-order valence-corrected chi connectivity index (χ0v) is 23.3. The molecule has 0 aliphatic carbocycles. The van der Waals surface area contributed by atoms with Crippen molar-refractivity contribution in [2.24, 2.45) is 0 Å². The molecule has 0 saturated carbocycles. The summed E-state index contributed by atoms with van der Waals surface area (Å²) in [6.45, 7) is 18.4. The molecule has 0 N–H and O–H groups in total. The lowest BCUT2D eigenvalue weighted by atomic mass is 10.1. The molecule has 1 aliphatic rings. The van der Waals surface area contributed by atoms with Crippen LogP contribution in [0.2, 0.25) is 37.8 Å². The lowest BCUT2D eigenvalue weighted by Gasteiger charge is -2.41. The highest BCUT2D eigenvalue weighted by Gasteiger charge is 2.49. The van der Waals surface area contributed by atoms with Crippen LogP contribution in [0, 0.1) is 11.5 Å². The number of amides is 1. The van der Waals surface area contributed by atoms with Crippen LogP contribution < -0.4 is 0 Å². The molecule has 1 aliphatic heterocycles. The number of methoxy groups -OCH3 is 1. The molecular weight excluding hydrogens is 434 g/mol. The van der Waals surface area contributed by atoms with Crippen LogP contribution in [0.15, 0.2) is 30.3 Å². The molecular formula is C25H41NO4Si2. The molecule has 1 heterocycles. The van der Waals surface area contributed by atoms with E-state index in [0.717, 1.165) is 5.56 Å². The standard InChI is InChI=1S/C25H41NO4Si2/c1-25(2,3)32(8,9)30-22-17-23(27)26(18-20-13-11-10-12-14-20)24(22)21(29-19-28-4)15-16-31(5,6)7/h10-14,21-22,24H,17-19H2,1-9H3/t21-,22+,24-/m1/s1. The van der Waals surface area contributed by atoms with Crippen molar-refractivity contribution in [3.05, 3.63) is 35.9 Å². The summed E-state index contributed by atoms with van der Waals surface area (Å²) >= 11 is 0. The Morgan fingerprint density at radius 2 is 1.75 bits per heavy atom. The van der Waals surface area contributed by atoms with E-state index in [9.17, 15) is 4.79 Å². The molecule has 7 heteroatoms. The van der Waals surface area contributed by atoms with Crippen LogP contribution in [0.4, 0.5) is 0 Å². The molecule has 1 aromatic rings. The Kier molecular flexibility index (Phi) is 8.93. The van der Waals surface area contributed by atoms with E-state index >= 15 is 0 Å². The fourth-order valence-electron chi connectivity index (χ4n) is 3.43. The van der Waals surface area contributed by atoms with Gasteiger partial charge >= 0.3 is 0 Å². The summed E-state index contributed by atoms with van der Waals surface area (Å²) < 4.78 is 18.1. The van der Waals surface area contributed by atoms with E-state index in [2.05, 4.69) is 65.0 Å². The second kappa shape index (κ2) is 10.7. The average Bonchev–Trinajstić information content (AvgIpc) is 2.95. The molecule has 0 spiro atoms. The van der Waals surface area contributed by atoms with Gasteiger partial charge in [0, 0.05) is 13.7 Å². The summed E-state index contributed by atoms with van der Waals surface area (Å²) in [4.78, 5) is 15.2. The van der Waals surface area contributed by atoms with Gasteiger partial charge in [0.15, 0.2) is 8.32 Å². The molecule has 5 nitrogen and oxygen atoms in total. The van der Waals surface area contributed by atoms with Gasteiger partial charge in [-0.25, -0.2) is 0 Å². The third kappa shape index (κ3) is 7.29. The molecule has 2 rings (SSSR count). The summed E-state index contributed by atoms with van der Waals surface area (Å²) in [7, 11) is -2.14. The molecule has 1 aromatic carbocycles. The van der Waals surface area contributed by atoms with E-state index in [4.69, 9.17) is 13.9 Å². The van der Waals surface area contributed by atoms with E-state index in [-0.39, 0.29) is 29.9 Å². The number of rotatable bonds is 8. The topological polar surface area (TPSA) is 48.0 Å². The van der Waals surface area contributed by atoms with Gasteiger partial charge in [-0.1, -0.05) is 76.7 Å². The van der Waals surface area contributed by atoms with Gasteiger partial charge in [0.2, 0.25) is 5.91 Å². The molecule has 32 heavy (non-hydrogen) atoms. The van der Waals surface area contributed by atoms with Crippen molar-refractivity contribution in [1.29, 1.82) is 0 Å². The number of ether oxygens (including phenoxy) is 2. The third-order valence-electron chi connectivity index (χ3n) is 6.15. The van der Waals surface area contributed by atoms with Gasteiger partial charge in [-0.3, -0.25) is 4.79 Å². The minimum atomic E-state index is -2.10. The van der Waals surface area contributed by atoms with Crippen LogP contribution in [0.25, 0.3) is 0 Å². The highest BCUT2D eigenvalue weighted by Crippen LogP contribution is 2.40. The van der Waals surface area contributed by atoms with E-state index in [0.29, 0.717) is 13.0 Å². The van der Waals surface area contributed by atoms with Crippen LogP contribution in [-0.4, -0.2) is 59.4 Å². The lowest BCUT2D eigenvalue weighted by molar-refractivity contribution is -0.133. The number of benzene rings is 1. The van der Waals surface area contributed by atoms with Gasteiger partial charge in [0.25, 0.3) is 0 Å². The molecule has 1 fully saturated rings. The van der Waals surface area contributed by atoms with Crippen molar-refractivity contribution in [1.82, 2.24) is 4.90 Å². The lowest BCUT2D eigenvalue weighted by Crippen LogP contribution is -2.52. The first-order valence-electron chi connectivity index (χ1n) is 11.4. The molecule has 1 amide bonds. The van der Waals surface area contributed by atoms with Crippen molar-refractivity contribution in [3.8, 4) is 11.5 Å². The normalized spacial score (nSPS) is 20.8. The van der Waals surface area contributed by atoms with E-state index in [1.807, 2.05) is 35.2 Å². The number of nitrogens with zero attached hydrogens (tertiary/aromatic N) is 1. The van der Waals surface area contributed by atoms with Gasteiger partial charge in [0.05, 0.1) is 18.6 Å². The fourth-order valence-corrected chi connectivity index (χ4v) is 5.34. The highest BCUT2D eigenvalue weighted by molar-refractivity contribution is 6.83. The quantitative estimate of drug-likeness (QED) is 0.300. The van der Waals surface area contributed by atoms with Crippen LogP contribution in [0.3, 0.4) is 0 Å². The molecule has 3 atom stereocenters. The second-order valence-corrected chi connectivity index (χ2v) is 20.6. The predicted molar refractivity (Wildman–Crippen MR) is 135 cm³/mol. The van der Waals surface area contributed by atoms with Crippen molar-refractivity contribution < 1.29 is 18.7 Å². The number of likely N-dealkylation sites (tertiary alicyclic amines) is 1. The number of carbonyl (C=O) groups excluding carboxylic acids is 1. The minimum Gasteiger partial charge on any atom is -0.411 e. The summed E-state index contributed by atoms with van der Waals surface area (Å²) in [5, 5.41) is 0.0420. The molecule has 0 unspecified atom stereocenters. The van der Waals surface area contributed by atoms with Gasteiger partial charge < -0.3 is 18.8 Å². The van der Waals surface area contributed by atoms with Gasteiger partial charge in [-0.05, 0) is 23.7 Å². The van der Waals surface area contributed by atoms with Crippen LogP contribution in [0.1, 0.15) is 32.8 Å². The first-order chi connectivity index (χ1) is 14.7. The fraction of sp³-hybridized carbons (Fsp3) is 0.640. The number of carbonyl (C=O) groups is 1. The molecule has 0 aromatic heterocycles. The van der Waals surface area contributed by atoms with Gasteiger partial charge in [-0.15, -0.1) is 5.54 Å². The zero-order chi connectivity index (χ0) is 24.2. The first-order valence-corrected chi connectivity index (χ1v) is 17.8. The average molecular weight is 476 g/mol. The van der Waals surface area contributed by atoms with Gasteiger partial charge in [0.1, 0.15) is 21.0 Å². The number of hydrogen-bond donors (Lipinski definition) is 0. The third-order valence-corrected chi connectivity index (χ3v) is 11.5. The maximum Gasteiger partial charge on any atom is 0.225 e. The Labute approximate surface area is 197 Å². The second-order valence-electron chi connectivity index (χ2n) is 11.1. The van der Waals surface area contributed by atoms with Crippen molar-refractivity contribution in [3.63, 3.8) is 0 Å². The van der Waals surface area contributed by atoms with E-state index in [1.165, 1.54) is 0 Å². The smallest absolute Gasteiger partial charge is 0.225 e. The number of hydrogen-bond acceptors (Lipinski definition) is 4. The highest BCUT2D eigenvalue weighted by atomic mass is 28.4. The minimum absolute atomic E-state index is 0.0420. The van der Waals surface area contributed by atoms with Gasteiger partial charge in [-0.2, -0.15) is 0 Å². The maximum atomic E-state index is 13.2. The van der Waals surface area contributed by atoms with Crippen LogP contribution >= 0.6 is 0 Å². The summed E-state index contributed by atoms with van der Waals surface area (Å²) in [6, 6.07) is 9.79. The molecule has 178 valence electrons. The summed E-state index contributed by atoms with van der Waals surface area (Å²) in [6.07, 6.45) is -0.373. The van der Waals surface area contributed by atoms with E-state index < -0.39 is 22.5 Å². The van der Waals surface area contributed by atoms with E-state index in [1.54, 1.807) is 7.11 Å². The largest absolute Gasteiger partial charge is 0.411 e. The maximum absolute atomic E-state index is 13.2. The first kappa shape index (κ1) is 26.8.